The monoisotopic (exact) mass is 354 g/mol. The van der Waals surface area contributed by atoms with Crippen molar-refractivity contribution in [1.29, 1.82) is 0 Å². The zero-order valence-electron chi connectivity index (χ0n) is 15.9. The van der Waals surface area contributed by atoms with Crippen LogP contribution in [0.4, 0.5) is 5.82 Å². The van der Waals surface area contributed by atoms with Crippen molar-refractivity contribution >= 4 is 5.82 Å². The standard InChI is InChI=1S/C21H30N4O/c1-3-14-26-20-8-4-6-18(15-20)16-22-17-19-7-5-9-23-21(19)25-12-10-24(2)11-13-25/h4-9,15,22H,3,10-14,16-17H2,1-2H3. The van der Waals surface area contributed by atoms with E-state index in [-0.39, 0.29) is 0 Å². The lowest BCUT2D eigenvalue weighted by molar-refractivity contribution is 0.311. The van der Waals surface area contributed by atoms with Crippen LogP contribution in [-0.2, 0) is 13.1 Å². The van der Waals surface area contributed by atoms with E-state index in [9.17, 15) is 0 Å². The maximum Gasteiger partial charge on any atom is 0.133 e. The van der Waals surface area contributed by atoms with Gasteiger partial charge in [-0.25, -0.2) is 4.98 Å². The van der Waals surface area contributed by atoms with Gasteiger partial charge in [-0.2, -0.15) is 0 Å². The molecular weight excluding hydrogens is 324 g/mol. The Bertz CT molecular complexity index is 683. The first-order chi connectivity index (χ1) is 12.8. The number of rotatable bonds is 8. The van der Waals surface area contributed by atoms with E-state index < -0.39 is 0 Å². The number of likely N-dealkylation sites (N-methyl/N-ethyl adjacent to an activating group) is 1. The second-order valence-electron chi connectivity index (χ2n) is 6.88. The summed E-state index contributed by atoms with van der Waals surface area (Å²) in [5.74, 6) is 2.07. The van der Waals surface area contributed by atoms with Crippen LogP contribution < -0.4 is 15.0 Å². The summed E-state index contributed by atoms with van der Waals surface area (Å²) in [5, 5.41) is 3.56. The Hall–Kier alpha value is -2.11. The number of nitrogens with zero attached hydrogens (tertiary/aromatic N) is 3. The van der Waals surface area contributed by atoms with Crippen LogP contribution in [0.1, 0.15) is 24.5 Å². The molecule has 3 rings (SSSR count). The van der Waals surface area contributed by atoms with Crippen LogP contribution in [0.5, 0.6) is 5.75 Å². The van der Waals surface area contributed by atoms with Crippen molar-refractivity contribution < 1.29 is 4.74 Å². The van der Waals surface area contributed by atoms with E-state index in [1.165, 1.54) is 11.1 Å². The van der Waals surface area contributed by atoms with Crippen molar-refractivity contribution in [3.63, 3.8) is 0 Å². The number of nitrogens with one attached hydrogen (secondary N) is 1. The fraction of sp³-hybridized carbons (Fsp3) is 0.476. The number of pyridine rings is 1. The molecule has 0 unspecified atom stereocenters. The number of aromatic nitrogens is 1. The average Bonchev–Trinajstić information content (AvgIpc) is 2.68. The van der Waals surface area contributed by atoms with Gasteiger partial charge in [0.2, 0.25) is 0 Å². The van der Waals surface area contributed by atoms with Gasteiger partial charge in [-0.1, -0.05) is 25.1 Å². The van der Waals surface area contributed by atoms with Crippen LogP contribution in [0, 0.1) is 0 Å². The molecule has 1 aliphatic rings. The van der Waals surface area contributed by atoms with Gasteiger partial charge in [0.1, 0.15) is 11.6 Å². The summed E-state index contributed by atoms with van der Waals surface area (Å²) >= 11 is 0. The molecule has 0 spiro atoms. The molecule has 0 bridgehead atoms. The highest BCUT2D eigenvalue weighted by Crippen LogP contribution is 2.19. The van der Waals surface area contributed by atoms with E-state index in [0.29, 0.717) is 0 Å². The van der Waals surface area contributed by atoms with Crippen LogP contribution in [0.2, 0.25) is 0 Å². The Morgan fingerprint density at radius 3 is 2.73 bits per heavy atom. The molecule has 1 N–H and O–H groups in total. The van der Waals surface area contributed by atoms with Crippen LogP contribution in [0.25, 0.3) is 0 Å². The summed E-state index contributed by atoms with van der Waals surface area (Å²) in [6.45, 7) is 8.78. The zero-order chi connectivity index (χ0) is 18.2. The molecule has 1 saturated heterocycles. The lowest BCUT2D eigenvalue weighted by Gasteiger charge is -2.34. The molecule has 0 radical (unpaired) electrons. The molecule has 5 nitrogen and oxygen atoms in total. The van der Waals surface area contributed by atoms with E-state index >= 15 is 0 Å². The fourth-order valence-electron chi connectivity index (χ4n) is 3.18. The minimum Gasteiger partial charge on any atom is -0.494 e. The largest absolute Gasteiger partial charge is 0.494 e. The SMILES string of the molecule is CCCOc1cccc(CNCc2cccnc2N2CCN(C)CC2)c1. The number of hydrogen-bond donors (Lipinski definition) is 1. The third-order valence-electron chi connectivity index (χ3n) is 4.69. The normalized spacial score (nSPS) is 15.2. The predicted molar refractivity (Wildman–Crippen MR) is 107 cm³/mol. The smallest absolute Gasteiger partial charge is 0.133 e. The number of ether oxygens (including phenoxy) is 1. The Balaban J connectivity index is 1.57. The highest BCUT2D eigenvalue weighted by Gasteiger charge is 2.17. The molecule has 140 valence electrons. The first-order valence-electron chi connectivity index (χ1n) is 9.56. The van der Waals surface area contributed by atoms with Gasteiger partial charge in [-0.05, 0) is 37.2 Å². The lowest BCUT2D eigenvalue weighted by Crippen LogP contribution is -2.45. The second-order valence-corrected chi connectivity index (χ2v) is 6.88. The van der Waals surface area contributed by atoms with Gasteiger partial charge in [-0.15, -0.1) is 0 Å². The molecule has 26 heavy (non-hydrogen) atoms. The van der Waals surface area contributed by atoms with Gasteiger partial charge >= 0.3 is 0 Å². The second kappa shape index (κ2) is 9.55. The first kappa shape index (κ1) is 18.7. The maximum absolute atomic E-state index is 5.72. The molecule has 1 aliphatic heterocycles. The third kappa shape index (κ3) is 5.19. The van der Waals surface area contributed by atoms with Crippen molar-refractivity contribution in [2.75, 3.05) is 44.7 Å². The molecule has 1 aromatic heterocycles. The van der Waals surface area contributed by atoms with Crippen molar-refractivity contribution in [3.05, 3.63) is 53.7 Å². The maximum atomic E-state index is 5.72. The molecular formula is C21H30N4O. The van der Waals surface area contributed by atoms with Crippen molar-refractivity contribution in [2.45, 2.75) is 26.4 Å². The molecule has 0 atom stereocenters. The quantitative estimate of drug-likeness (QED) is 0.789. The molecule has 1 aromatic carbocycles. The molecule has 0 saturated carbocycles. The summed E-state index contributed by atoms with van der Waals surface area (Å²) in [6, 6.07) is 12.5. The minimum atomic E-state index is 0.765. The van der Waals surface area contributed by atoms with Crippen molar-refractivity contribution in [2.24, 2.45) is 0 Å². The Morgan fingerprint density at radius 1 is 1.08 bits per heavy atom. The van der Waals surface area contributed by atoms with Crippen molar-refractivity contribution in [1.82, 2.24) is 15.2 Å². The molecule has 0 amide bonds. The summed E-state index contributed by atoms with van der Waals surface area (Å²) in [5.41, 5.74) is 2.50. The summed E-state index contributed by atoms with van der Waals surface area (Å²) < 4.78 is 5.72. The molecule has 0 aliphatic carbocycles. The van der Waals surface area contributed by atoms with Gasteiger partial charge in [0.15, 0.2) is 0 Å². The van der Waals surface area contributed by atoms with Crippen LogP contribution in [0.3, 0.4) is 0 Å². The topological polar surface area (TPSA) is 40.6 Å². The van der Waals surface area contributed by atoms with E-state index in [1.54, 1.807) is 0 Å². The van der Waals surface area contributed by atoms with Gasteiger partial charge in [0.25, 0.3) is 0 Å². The fourth-order valence-corrected chi connectivity index (χ4v) is 3.18. The third-order valence-corrected chi connectivity index (χ3v) is 4.69. The van der Waals surface area contributed by atoms with Gasteiger partial charge in [0.05, 0.1) is 6.61 Å². The summed E-state index contributed by atoms with van der Waals surface area (Å²) in [4.78, 5) is 9.41. The minimum absolute atomic E-state index is 0.765. The molecule has 2 aromatic rings. The van der Waals surface area contributed by atoms with E-state index in [0.717, 1.165) is 63.9 Å². The number of piperazine rings is 1. The highest BCUT2D eigenvalue weighted by molar-refractivity contribution is 5.47. The Labute approximate surface area is 157 Å². The Kier molecular flexibility index (Phi) is 6.86. The number of benzene rings is 1. The summed E-state index contributed by atoms with van der Waals surface area (Å²) in [6.07, 6.45) is 2.92. The van der Waals surface area contributed by atoms with Crippen molar-refractivity contribution in [3.8, 4) is 5.75 Å². The van der Waals surface area contributed by atoms with E-state index in [1.807, 2.05) is 18.3 Å². The van der Waals surface area contributed by atoms with Crippen LogP contribution in [0.15, 0.2) is 42.6 Å². The highest BCUT2D eigenvalue weighted by atomic mass is 16.5. The average molecular weight is 354 g/mol. The van der Waals surface area contributed by atoms with E-state index in [2.05, 4.69) is 58.3 Å². The Morgan fingerprint density at radius 2 is 1.92 bits per heavy atom. The van der Waals surface area contributed by atoms with Crippen LogP contribution in [-0.4, -0.2) is 49.7 Å². The van der Waals surface area contributed by atoms with Gasteiger partial charge in [0, 0.05) is 51.0 Å². The predicted octanol–water partition coefficient (Wildman–Crippen LogP) is 2.91. The van der Waals surface area contributed by atoms with Gasteiger partial charge < -0.3 is 19.9 Å². The molecule has 2 heterocycles. The zero-order valence-corrected chi connectivity index (χ0v) is 15.9. The van der Waals surface area contributed by atoms with Gasteiger partial charge in [-0.3, -0.25) is 0 Å². The number of hydrogen-bond acceptors (Lipinski definition) is 5. The molecule has 5 heteroatoms. The summed E-state index contributed by atoms with van der Waals surface area (Å²) in [7, 11) is 2.18. The lowest BCUT2D eigenvalue weighted by atomic mass is 10.2. The van der Waals surface area contributed by atoms with E-state index in [4.69, 9.17) is 4.74 Å². The molecule has 1 fully saturated rings. The number of anilines is 1. The van der Waals surface area contributed by atoms with Crippen LogP contribution >= 0.6 is 0 Å². The first-order valence-corrected chi connectivity index (χ1v) is 9.56.